The molecule has 0 aromatic carbocycles. The van der Waals surface area contributed by atoms with E-state index in [-0.39, 0.29) is 12.1 Å². The van der Waals surface area contributed by atoms with Crippen LogP contribution in [0.2, 0.25) is 0 Å². The molecule has 1 aliphatic heterocycles. The lowest BCUT2D eigenvalue weighted by molar-refractivity contribution is -0.135. The molecule has 2 fully saturated rings. The van der Waals surface area contributed by atoms with Crippen LogP contribution in [0.15, 0.2) is 34.8 Å². The highest BCUT2D eigenvalue weighted by Crippen LogP contribution is 2.34. The van der Waals surface area contributed by atoms with Crippen molar-refractivity contribution in [2.45, 2.75) is 65.0 Å². The van der Waals surface area contributed by atoms with Crippen LogP contribution in [-0.4, -0.2) is 49.9 Å². The molecular weight excluding hydrogens is 342 g/mol. The maximum absolute atomic E-state index is 12.5. The molecule has 3 aliphatic rings. The second-order valence-electron chi connectivity index (χ2n) is 7.88. The summed E-state index contributed by atoms with van der Waals surface area (Å²) < 4.78 is 16.8. The van der Waals surface area contributed by atoms with Gasteiger partial charge in [0.2, 0.25) is 0 Å². The van der Waals surface area contributed by atoms with Gasteiger partial charge in [0.25, 0.3) is 0 Å². The minimum Gasteiger partial charge on any atom is -0.491 e. The summed E-state index contributed by atoms with van der Waals surface area (Å²) in [6, 6.07) is 0.455. The van der Waals surface area contributed by atoms with Crippen LogP contribution >= 0.6 is 0 Å². The average Bonchev–Trinajstić information content (AvgIpc) is 2.81. The summed E-state index contributed by atoms with van der Waals surface area (Å²) in [6.07, 6.45) is 9.24. The third kappa shape index (κ3) is 4.57. The van der Waals surface area contributed by atoms with Gasteiger partial charge in [-0.1, -0.05) is 6.92 Å². The number of allylic oxidation sites excluding steroid dienone is 2. The van der Waals surface area contributed by atoms with Crippen LogP contribution in [0, 0.1) is 5.92 Å². The minimum atomic E-state index is -0.300. The maximum atomic E-state index is 12.5. The molecule has 27 heavy (non-hydrogen) atoms. The van der Waals surface area contributed by atoms with Gasteiger partial charge in [0, 0.05) is 37.9 Å². The van der Waals surface area contributed by atoms with E-state index in [9.17, 15) is 4.79 Å². The quantitative estimate of drug-likeness (QED) is 0.658. The Bertz CT molecular complexity index is 637. The highest BCUT2D eigenvalue weighted by Gasteiger charge is 2.30. The van der Waals surface area contributed by atoms with Crippen molar-refractivity contribution in [1.29, 1.82) is 0 Å². The number of nitrogens with zero attached hydrogens (tertiary/aromatic N) is 1. The molecule has 5 nitrogen and oxygen atoms in total. The highest BCUT2D eigenvalue weighted by molar-refractivity contribution is 5.94. The fraction of sp³-hybridized carbons (Fsp3) is 0.682. The Morgan fingerprint density at radius 3 is 2.59 bits per heavy atom. The van der Waals surface area contributed by atoms with E-state index in [1.165, 1.54) is 12.8 Å². The lowest BCUT2D eigenvalue weighted by Gasteiger charge is -2.37. The second-order valence-corrected chi connectivity index (χ2v) is 7.88. The van der Waals surface area contributed by atoms with E-state index >= 15 is 0 Å². The van der Waals surface area contributed by atoms with E-state index in [0.717, 1.165) is 69.1 Å². The molecule has 3 rings (SSSR count). The smallest absolute Gasteiger partial charge is 0.338 e. The van der Waals surface area contributed by atoms with Crippen LogP contribution in [0.4, 0.5) is 0 Å². The fourth-order valence-electron chi connectivity index (χ4n) is 4.34. The summed E-state index contributed by atoms with van der Waals surface area (Å²) in [5.74, 6) is 1.22. The van der Waals surface area contributed by atoms with Crippen LogP contribution in [0.5, 0.6) is 0 Å². The Hall–Kier alpha value is -1.75. The molecule has 0 aromatic rings. The standard InChI is InChI=1S/C22H33NO4/c1-5-23(17-8-10-26-11-9-17)21-7-6-18(27-19-12-15(2)13-19)14-20(16(21)3)22(24)25-4/h6,14-15,17,19H,5,7-13H2,1-4H3. The largest absolute Gasteiger partial charge is 0.491 e. The van der Waals surface area contributed by atoms with Gasteiger partial charge >= 0.3 is 5.97 Å². The molecule has 1 saturated carbocycles. The normalized spacial score (nSPS) is 26.5. The van der Waals surface area contributed by atoms with Crippen LogP contribution in [0.25, 0.3) is 0 Å². The summed E-state index contributed by atoms with van der Waals surface area (Å²) in [4.78, 5) is 14.9. The lowest BCUT2D eigenvalue weighted by atomic mass is 9.84. The van der Waals surface area contributed by atoms with Gasteiger partial charge in [0.15, 0.2) is 0 Å². The molecule has 0 unspecified atom stereocenters. The average molecular weight is 376 g/mol. The summed E-state index contributed by atoms with van der Waals surface area (Å²) in [5.41, 5.74) is 2.79. The number of esters is 1. The van der Waals surface area contributed by atoms with E-state index in [2.05, 4.69) is 24.8 Å². The Labute approximate surface area is 163 Å². The number of hydrogen-bond donors (Lipinski definition) is 0. The predicted octanol–water partition coefficient (Wildman–Crippen LogP) is 3.96. The van der Waals surface area contributed by atoms with E-state index in [1.54, 1.807) is 0 Å². The Morgan fingerprint density at radius 1 is 1.30 bits per heavy atom. The summed E-state index contributed by atoms with van der Waals surface area (Å²) in [6.45, 7) is 8.97. The Balaban J connectivity index is 1.86. The molecular formula is C22H33NO4. The van der Waals surface area contributed by atoms with Gasteiger partial charge in [0.05, 0.1) is 18.8 Å². The van der Waals surface area contributed by atoms with Crippen molar-refractivity contribution in [1.82, 2.24) is 4.90 Å². The number of carbonyl (C=O) groups excluding carboxylic acids is 1. The number of rotatable bonds is 6. The zero-order valence-corrected chi connectivity index (χ0v) is 17.1. The van der Waals surface area contributed by atoms with E-state index in [1.807, 2.05) is 13.0 Å². The molecule has 0 bridgehead atoms. The van der Waals surface area contributed by atoms with Gasteiger partial charge in [-0.15, -0.1) is 0 Å². The third-order valence-electron chi connectivity index (χ3n) is 5.98. The summed E-state index contributed by atoms with van der Waals surface area (Å²) in [5, 5.41) is 0. The minimum absolute atomic E-state index is 0.265. The first-order valence-corrected chi connectivity index (χ1v) is 10.2. The van der Waals surface area contributed by atoms with Gasteiger partial charge < -0.3 is 19.1 Å². The Morgan fingerprint density at radius 2 is 2.00 bits per heavy atom. The lowest BCUT2D eigenvalue weighted by Crippen LogP contribution is -2.39. The molecule has 1 heterocycles. The van der Waals surface area contributed by atoms with Crippen molar-refractivity contribution in [2.75, 3.05) is 26.9 Å². The van der Waals surface area contributed by atoms with Crippen LogP contribution in [0.1, 0.15) is 52.9 Å². The van der Waals surface area contributed by atoms with Crippen molar-refractivity contribution in [3.8, 4) is 0 Å². The first-order valence-electron chi connectivity index (χ1n) is 10.2. The SMILES string of the molecule is CCN(C1=C(C)C(C(=O)OC)=CC(OC2CC(C)C2)=CC1)C1CCOCC1. The van der Waals surface area contributed by atoms with E-state index in [4.69, 9.17) is 14.2 Å². The number of hydrogen-bond acceptors (Lipinski definition) is 5. The molecule has 0 N–H and O–H groups in total. The fourth-order valence-corrected chi connectivity index (χ4v) is 4.34. The highest BCUT2D eigenvalue weighted by atomic mass is 16.5. The maximum Gasteiger partial charge on any atom is 0.338 e. The topological polar surface area (TPSA) is 48.0 Å². The molecule has 2 aliphatic carbocycles. The first kappa shape index (κ1) is 20.0. The van der Waals surface area contributed by atoms with Crippen molar-refractivity contribution < 1.29 is 19.0 Å². The summed E-state index contributed by atoms with van der Waals surface area (Å²) >= 11 is 0. The number of ether oxygens (including phenoxy) is 3. The number of methoxy groups -OCH3 is 1. The van der Waals surface area contributed by atoms with E-state index < -0.39 is 0 Å². The zero-order chi connectivity index (χ0) is 19.4. The van der Waals surface area contributed by atoms with Crippen LogP contribution in [-0.2, 0) is 19.0 Å². The van der Waals surface area contributed by atoms with Gasteiger partial charge in [-0.2, -0.15) is 0 Å². The van der Waals surface area contributed by atoms with Crippen LogP contribution < -0.4 is 0 Å². The van der Waals surface area contributed by atoms with Gasteiger partial charge in [-0.3, -0.25) is 0 Å². The predicted molar refractivity (Wildman–Crippen MR) is 105 cm³/mol. The van der Waals surface area contributed by atoms with Crippen molar-refractivity contribution in [3.05, 3.63) is 34.8 Å². The Kier molecular flexibility index (Phi) is 6.64. The van der Waals surface area contributed by atoms with Crippen molar-refractivity contribution >= 4 is 5.97 Å². The first-order chi connectivity index (χ1) is 13.0. The van der Waals surface area contributed by atoms with E-state index in [0.29, 0.717) is 11.6 Å². The van der Waals surface area contributed by atoms with Crippen molar-refractivity contribution in [2.24, 2.45) is 5.92 Å². The van der Waals surface area contributed by atoms with Crippen LogP contribution in [0.3, 0.4) is 0 Å². The molecule has 0 atom stereocenters. The van der Waals surface area contributed by atoms with Gasteiger partial charge in [-0.25, -0.2) is 4.79 Å². The molecule has 0 radical (unpaired) electrons. The molecule has 150 valence electrons. The monoisotopic (exact) mass is 375 g/mol. The molecule has 0 spiro atoms. The van der Waals surface area contributed by atoms with Gasteiger partial charge in [-0.05, 0) is 63.2 Å². The molecule has 1 saturated heterocycles. The molecule has 0 amide bonds. The molecule has 0 aromatic heterocycles. The van der Waals surface area contributed by atoms with Crippen molar-refractivity contribution in [3.63, 3.8) is 0 Å². The number of carbonyl (C=O) groups is 1. The molecule has 5 heteroatoms. The summed E-state index contributed by atoms with van der Waals surface area (Å²) in [7, 11) is 1.44. The second kappa shape index (κ2) is 8.96. The zero-order valence-electron chi connectivity index (χ0n) is 17.1. The van der Waals surface area contributed by atoms with Gasteiger partial charge in [0.1, 0.15) is 5.76 Å². The third-order valence-corrected chi connectivity index (χ3v) is 5.98.